The molecule has 0 radical (unpaired) electrons. The van der Waals surface area contributed by atoms with Crippen LogP contribution in [0, 0.1) is 37.8 Å². The number of piperidine rings is 1. The molecule has 9 nitrogen and oxygen atoms in total. The summed E-state index contributed by atoms with van der Waals surface area (Å²) >= 11 is 0. The van der Waals surface area contributed by atoms with Crippen LogP contribution in [0.2, 0.25) is 0 Å². The van der Waals surface area contributed by atoms with Gasteiger partial charge in [0.15, 0.2) is 6.54 Å². The molecule has 2 N–H and O–H groups in total. The molecular weight excluding hydrogens is 542 g/mol. The lowest BCUT2D eigenvalue weighted by atomic mass is 10.00. The Morgan fingerprint density at radius 2 is 1.58 bits per heavy atom. The smallest absolute Gasteiger partial charge is 0.279 e. The number of para-hydroxylation sites is 1. The van der Waals surface area contributed by atoms with E-state index in [0.29, 0.717) is 23.4 Å². The summed E-state index contributed by atoms with van der Waals surface area (Å²) < 4.78 is 0.720. The van der Waals surface area contributed by atoms with Crippen LogP contribution < -0.4 is 10.6 Å². The van der Waals surface area contributed by atoms with E-state index in [9.17, 15) is 19.7 Å². The highest BCUT2D eigenvalue weighted by atomic mass is 16.6. The number of nitro benzene ring substituents is 1. The number of likely N-dealkylation sites (N-methyl/N-ethyl adjacent to an activating group) is 1. The molecule has 1 heterocycles. The molecular formula is C34H52N5O4+. The number of hydrogen-bond donors (Lipinski definition) is 2. The van der Waals surface area contributed by atoms with E-state index in [4.69, 9.17) is 0 Å². The summed E-state index contributed by atoms with van der Waals surface area (Å²) in [5.41, 5.74) is 5.21. The Morgan fingerprint density at radius 1 is 0.930 bits per heavy atom. The molecule has 2 unspecified atom stereocenters. The summed E-state index contributed by atoms with van der Waals surface area (Å²) in [6.07, 6.45) is 7.18. The molecule has 1 fully saturated rings. The second-order valence-corrected chi connectivity index (χ2v) is 12.4. The molecule has 2 aromatic carbocycles. The van der Waals surface area contributed by atoms with Gasteiger partial charge in [-0.25, -0.2) is 0 Å². The summed E-state index contributed by atoms with van der Waals surface area (Å²) in [6.45, 7) is 16.9. The second kappa shape index (κ2) is 16.0. The summed E-state index contributed by atoms with van der Waals surface area (Å²) in [5, 5.41) is 17.5. The Bertz CT molecular complexity index is 1240. The molecule has 2 atom stereocenters. The van der Waals surface area contributed by atoms with Crippen molar-refractivity contribution in [1.82, 2.24) is 4.90 Å². The maximum absolute atomic E-state index is 13.3. The number of amides is 2. The number of aryl methyl sites for hydroxylation is 4. The number of nitro groups is 1. The van der Waals surface area contributed by atoms with Gasteiger partial charge in [-0.3, -0.25) is 24.6 Å². The van der Waals surface area contributed by atoms with Crippen molar-refractivity contribution in [2.24, 2.45) is 0 Å². The average molecular weight is 595 g/mol. The van der Waals surface area contributed by atoms with E-state index in [0.717, 1.165) is 99.0 Å². The van der Waals surface area contributed by atoms with Crippen molar-refractivity contribution in [3.8, 4) is 0 Å². The number of hydrogen-bond acceptors (Lipinski definition) is 5. The van der Waals surface area contributed by atoms with Crippen molar-refractivity contribution in [2.75, 3.05) is 49.9 Å². The van der Waals surface area contributed by atoms with Gasteiger partial charge in [0.1, 0.15) is 0 Å². The van der Waals surface area contributed by atoms with Crippen LogP contribution in [0.4, 0.5) is 17.1 Å². The van der Waals surface area contributed by atoms with Crippen molar-refractivity contribution in [3.63, 3.8) is 0 Å². The highest BCUT2D eigenvalue weighted by Gasteiger charge is 2.30. The number of likely N-dealkylation sites (tertiary alicyclic amines) is 1. The van der Waals surface area contributed by atoms with E-state index in [1.165, 1.54) is 12.1 Å². The van der Waals surface area contributed by atoms with Gasteiger partial charge in [0, 0.05) is 23.5 Å². The number of carbonyl (C=O) groups excluding carboxylic acids is 2. The van der Waals surface area contributed by atoms with Crippen molar-refractivity contribution >= 4 is 28.9 Å². The molecule has 2 aromatic rings. The second-order valence-electron chi connectivity index (χ2n) is 12.4. The van der Waals surface area contributed by atoms with Gasteiger partial charge in [0.25, 0.3) is 11.6 Å². The molecule has 1 saturated heterocycles. The van der Waals surface area contributed by atoms with E-state index in [1.54, 1.807) is 13.8 Å². The van der Waals surface area contributed by atoms with Gasteiger partial charge in [0.05, 0.1) is 30.6 Å². The Hall–Kier alpha value is -3.30. The maximum atomic E-state index is 13.3. The number of quaternary nitrogens is 1. The quantitative estimate of drug-likeness (QED) is 0.104. The van der Waals surface area contributed by atoms with Gasteiger partial charge in [-0.15, -0.1) is 0 Å². The summed E-state index contributed by atoms with van der Waals surface area (Å²) in [6, 6.07) is 9.03. The zero-order valence-corrected chi connectivity index (χ0v) is 27.1. The third-order valence-corrected chi connectivity index (χ3v) is 9.06. The van der Waals surface area contributed by atoms with Crippen molar-refractivity contribution in [3.05, 3.63) is 62.7 Å². The van der Waals surface area contributed by atoms with Crippen LogP contribution in [0.25, 0.3) is 0 Å². The van der Waals surface area contributed by atoms with Gasteiger partial charge in [0.2, 0.25) is 5.91 Å². The molecule has 43 heavy (non-hydrogen) atoms. The number of unbranched alkanes of at least 4 members (excludes halogenated alkanes) is 2. The van der Waals surface area contributed by atoms with Crippen LogP contribution in [0.3, 0.4) is 0 Å². The van der Waals surface area contributed by atoms with E-state index >= 15 is 0 Å². The largest absolute Gasteiger partial charge is 0.324 e. The van der Waals surface area contributed by atoms with Crippen LogP contribution >= 0.6 is 0 Å². The number of benzene rings is 2. The van der Waals surface area contributed by atoms with Gasteiger partial charge in [-0.2, -0.15) is 0 Å². The molecule has 0 aromatic heterocycles. The van der Waals surface area contributed by atoms with E-state index < -0.39 is 4.92 Å². The number of nitrogens with zero attached hydrogens (tertiary/aromatic N) is 3. The minimum atomic E-state index is -0.404. The average Bonchev–Trinajstić information content (AvgIpc) is 2.96. The fraction of sp³-hybridized carbons (Fsp3) is 0.588. The number of non-ortho nitro benzene ring substituents is 1. The molecule has 1 aliphatic heterocycles. The van der Waals surface area contributed by atoms with Crippen LogP contribution in [-0.4, -0.2) is 71.4 Å². The summed E-state index contributed by atoms with van der Waals surface area (Å²) in [7, 11) is 0. The Labute approximate surface area is 257 Å². The van der Waals surface area contributed by atoms with Crippen molar-refractivity contribution in [1.29, 1.82) is 0 Å². The van der Waals surface area contributed by atoms with Crippen molar-refractivity contribution < 1.29 is 19.0 Å². The van der Waals surface area contributed by atoms with E-state index in [1.807, 2.05) is 32.0 Å². The fourth-order valence-corrected chi connectivity index (χ4v) is 6.61. The first-order valence-electron chi connectivity index (χ1n) is 16.0. The standard InChI is InChI=1S/C34H51N5O4/c1-7-20-39(8-2,24-31(40)35-33-27(5)22-29(38(42)43)23-28(33)6)21-13-9-11-18-37-19-12-10-17-30(37)34(41)36-32-25(3)15-14-16-26(32)4/h14-16,22-23,30H,7-13,17-21,24H2,1-6H3,(H-,35,36,40,41)/p+1. The molecule has 9 heteroatoms. The summed E-state index contributed by atoms with van der Waals surface area (Å²) in [4.78, 5) is 39.7. The number of carbonyl (C=O) groups is 2. The Balaban J connectivity index is 1.54. The molecule has 236 valence electrons. The van der Waals surface area contributed by atoms with Crippen LogP contribution in [-0.2, 0) is 9.59 Å². The number of nitrogens with one attached hydrogen (secondary N) is 2. The lowest BCUT2D eigenvalue weighted by Gasteiger charge is -2.37. The third kappa shape index (κ3) is 9.34. The van der Waals surface area contributed by atoms with Gasteiger partial charge in [-0.05, 0) is 108 Å². The van der Waals surface area contributed by atoms with Gasteiger partial charge < -0.3 is 15.1 Å². The third-order valence-electron chi connectivity index (χ3n) is 9.06. The van der Waals surface area contributed by atoms with Gasteiger partial charge >= 0.3 is 0 Å². The predicted molar refractivity (Wildman–Crippen MR) is 175 cm³/mol. The SMILES string of the molecule is CCC[N+](CC)(CCCCCN1CCCCC1C(=O)Nc1c(C)cccc1C)CC(=O)Nc1c(C)cc([N+](=O)[O-])cc1C. The minimum absolute atomic E-state index is 0.0376. The lowest BCUT2D eigenvalue weighted by Crippen LogP contribution is -2.53. The molecule has 0 spiro atoms. The molecule has 0 bridgehead atoms. The number of anilines is 2. The normalized spacial score (nSPS) is 16.8. The van der Waals surface area contributed by atoms with Gasteiger partial charge in [-0.1, -0.05) is 31.5 Å². The van der Waals surface area contributed by atoms with Crippen LogP contribution in [0.5, 0.6) is 0 Å². The molecule has 0 aliphatic carbocycles. The fourth-order valence-electron chi connectivity index (χ4n) is 6.61. The summed E-state index contributed by atoms with van der Waals surface area (Å²) in [5.74, 6) is 0.0487. The monoisotopic (exact) mass is 594 g/mol. The number of rotatable bonds is 15. The first kappa shape index (κ1) is 34.2. The van der Waals surface area contributed by atoms with Crippen LogP contribution in [0.1, 0.15) is 81.0 Å². The van der Waals surface area contributed by atoms with E-state index in [2.05, 4.69) is 29.4 Å². The topological polar surface area (TPSA) is 105 Å². The lowest BCUT2D eigenvalue weighted by molar-refractivity contribution is -0.919. The highest BCUT2D eigenvalue weighted by Crippen LogP contribution is 2.27. The maximum Gasteiger partial charge on any atom is 0.279 e. The zero-order chi connectivity index (χ0) is 31.6. The van der Waals surface area contributed by atoms with E-state index in [-0.39, 0.29) is 23.5 Å². The minimum Gasteiger partial charge on any atom is -0.324 e. The Kier molecular flexibility index (Phi) is 12.7. The predicted octanol–water partition coefficient (Wildman–Crippen LogP) is 6.68. The molecule has 2 amide bonds. The first-order valence-corrected chi connectivity index (χ1v) is 16.0. The molecule has 3 rings (SSSR count). The first-order chi connectivity index (χ1) is 20.5. The van der Waals surface area contributed by atoms with Crippen molar-refractivity contribution in [2.45, 2.75) is 92.5 Å². The zero-order valence-electron chi connectivity index (χ0n) is 27.1. The highest BCUT2D eigenvalue weighted by molar-refractivity contribution is 5.96. The Morgan fingerprint density at radius 3 is 2.19 bits per heavy atom. The molecule has 1 aliphatic rings. The molecule has 0 saturated carbocycles. The van der Waals surface area contributed by atoms with Crippen LogP contribution in [0.15, 0.2) is 30.3 Å².